The van der Waals surface area contributed by atoms with Gasteiger partial charge in [0.15, 0.2) is 0 Å². The van der Waals surface area contributed by atoms with Crippen LogP contribution in [0.3, 0.4) is 0 Å². The molecule has 0 bridgehead atoms. The molecule has 2 aromatic rings. The lowest BCUT2D eigenvalue weighted by Gasteiger charge is -2.05. The first-order valence-corrected chi connectivity index (χ1v) is 7.21. The van der Waals surface area contributed by atoms with E-state index in [-0.39, 0.29) is 11.4 Å². The van der Waals surface area contributed by atoms with Crippen LogP contribution < -0.4 is 10.9 Å². The van der Waals surface area contributed by atoms with Crippen molar-refractivity contribution in [2.24, 2.45) is 0 Å². The van der Waals surface area contributed by atoms with Crippen molar-refractivity contribution in [3.63, 3.8) is 0 Å². The first-order chi connectivity index (χ1) is 10.7. The molecule has 0 fully saturated rings. The van der Waals surface area contributed by atoms with Crippen LogP contribution in [0.5, 0.6) is 0 Å². The van der Waals surface area contributed by atoms with Gasteiger partial charge < -0.3 is 10.1 Å². The number of nitrogens with one attached hydrogen (secondary N) is 2. The van der Waals surface area contributed by atoms with Crippen molar-refractivity contribution < 1.29 is 9.13 Å². The highest BCUT2D eigenvalue weighted by Gasteiger charge is 2.06. The van der Waals surface area contributed by atoms with Crippen molar-refractivity contribution in [3.05, 3.63) is 51.7 Å². The second kappa shape index (κ2) is 8.23. The van der Waals surface area contributed by atoms with Gasteiger partial charge in [-0.15, -0.1) is 10.2 Å². The average molecular weight is 306 g/mol. The van der Waals surface area contributed by atoms with Gasteiger partial charge in [-0.2, -0.15) is 0 Å². The first-order valence-electron chi connectivity index (χ1n) is 7.21. The van der Waals surface area contributed by atoms with Crippen LogP contribution in [-0.4, -0.2) is 34.9 Å². The lowest BCUT2D eigenvalue weighted by Crippen LogP contribution is -2.20. The normalized spacial score (nSPS) is 10.6. The molecule has 0 aliphatic heterocycles. The van der Waals surface area contributed by atoms with Crippen LogP contribution >= 0.6 is 0 Å². The van der Waals surface area contributed by atoms with E-state index in [9.17, 15) is 9.18 Å². The summed E-state index contributed by atoms with van der Waals surface area (Å²) in [5, 5.41) is 10.9. The van der Waals surface area contributed by atoms with Gasteiger partial charge in [0, 0.05) is 26.2 Å². The molecule has 6 nitrogen and oxygen atoms in total. The van der Waals surface area contributed by atoms with Crippen LogP contribution in [0.2, 0.25) is 0 Å². The van der Waals surface area contributed by atoms with E-state index in [1.54, 1.807) is 12.1 Å². The van der Waals surface area contributed by atoms with Crippen LogP contribution in [0.1, 0.15) is 24.6 Å². The van der Waals surface area contributed by atoms with E-state index in [4.69, 9.17) is 4.74 Å². The Bertz CT molecular complexity index is 643. The predicted molar refractivity (Wildman–Crippen MR) is 81.5 cm³/mol. The minimum atomic E-state index is -0.310. The summed E-state index contributed by atoms with van der Waals surface area (Å²) >= 11 is 0. The molecule has 1 aromatic carbocycles. The third kappa shape index (κ3) is 4.92. The van der Waals surface area contributed by atoms with Crippen LogP contribution in [0.15, 0.2) is 29.1 Å². The van der Waals surface area contributed by atoms with Crippen molar-refractivity contribution >= 4 is 5.95 Å². The van der Waals surface area contributed by atoms with Gasteiger partial charge in [-0.3, -0.25) is 9.78 Å². The highest BCUT2D eigenvalue weighted by Crippen LogP contribution is 2.06. The van der Waals surface area contributed by atoms with Crippen molar-refractivity contribution in [2.75, 3.05) is 25.1 Å². The molecule has 0 unspecified atom stereocenters. The van der Waals surface area contributed by atoms with Gasteiger partial charge >= 0.3 is 0 Å². The Morgan fingerprint density at radius 3 is 2.73 bits per heavy atom. The maximum atomic E-state index is 12.8. The summed E-state index contributed by atoms with van der Waals surface area (Å²) in [4.78, 5) is 14.6. The van der Waals surface area contributed by atoms with Crippen molar-refractivity contribution in [1.82, 2.24) is 15.2 Å². The smallest absolute Gasteiger partial charge is 0.274 e. The topological polar surface area (TPSA) is 79.9 Å². The van der Waals surface area contributed by atoms with E-state index in [2.05, 4.69) is 20.5 Å². The molecule has 0 amide bonds. The number of anilines is 1. The molecule has 0 radical (unpaired) electrons. The van der Waals surface area contributed by atoms with E-state index >= 15 is 0 Å². The second-order valence-corrected chi connectivity index (χ2v) is 4.73. The predicted octanol–water partition coefficient (Wildman–Crippen LogP) is 1.73. The second-order valence-electron chi connectivity index (χ2n) is 4.73. The summed E-state index contributed by atoms with van der Waals surface area (Å²) in [6.07, 6.45) is 1.13. The number of hydrogen-bond donors (Lipinski definition) is 2. The van der Waals surface area contributed by atoms with Crippen molar-refractivity contribution in [2.45, 2.75) is 19.8 Å². The van der Waals surface area contributed by atoms with Crippen LogP contribution in [0, 0.1) is 5.82 Å². The molecule has 118 valence electrons. The Labute approximate surface area is 127 Å². The third-order valence-electron chi connectivity index (χ3n) is 3.01. The molecule has 2 N–H and O–H groups in total. The molecular weight excluding hydrogens is 287 g/mol. The molecule has 0 aliphatic rings. The number of rotatable bonds is 8. The molecule has 0 aliphatic carbocycles. The van der Waals surface area contributed by atoms with Gasteiger partial charge in [-0.25, -0.2) is 4.39 Å². The van der Waals surface area contributed by atoms with Gasteiger partial charge in [-0.05, 0) is 31.0 Å². The van der Waals surface area contributed by atoms with Crippen molar-refractivity contribution in [1.29, 1.82) is 0 Å². The summed E-state index contributed by atoms with van der Waals surface area (Å²) < 4.78 is 18.1. The third-order valence-corrected chi connectivity index (χ3v) is 3.01. The zero-order chi connectivity index (χ0) is 15.8. The first kappa shape index (κ1) is 16.1. The highest BCUT2D eigenvalue weighted by molar-refractivity contribution is 5.24. The summed E-state index contributed by atoms with van der Waals surface area (Å²) in [5.74, 6) is 0.0275. The van der Waals surface area contributed by atoms with Crippen LogP contribution in [0.25, 0.3) is 0 Å². The number of benzene rings is 1. The van der Waals surface area contributed by atoms with E-state index in [1.807, 2.05) is 6.92 Å². The Morgan fingerprint density at radius 2 is 2.05 bits per heavy atom. The summed E-state index contributed by atoms with van der Waals surface area (Å²) in [6.45, 7) is 3.93. The Hall–Kier alpha value is -2.28. The highest BCUT2D eigenvalue weighted by atomic mass is 19.1. The number of hydrogen-bond acceptors (Lipinski definition) is 5. The molecule has 1 aromatic heterocycles. The molecule has 0 spiro atoms. The van der Waals surface area contributed by atoms with E-state index < -0.39 is 0 Å². The maximum absolute atomic E-state index is 12.8. The largest absolute Gasteiger partial charge is 0.382 e. The van der Waals surface area contributed by atoms with Gasteiger partial charge in [0.25, 0.3) is 5.56 Å². The average Bonchev–Trinajstić information content (AvgIpc) is 2.52. The molecule has 0 saturated carbocycles. The van der Waals surface area contributed by atoms with Crippen LogP contribution in [-0.2, 0) is 11.2 Å². The van der Waals surface area contributed by atoms with Gasteiger partial charge in [0.2, 0.25) is 5.95 Å². The fraction of sp³-hybridized carbons (Fsp3) is 0.400. The minimum Gasteiger partial charge on any atom is -0.382 e. The van der Waals surface area contributed by atoms with E-state index in [0.717, 1.165) is 12.0 Å². The standard InChI is InChI=1S/C15H19FN4O2/c1-2-22-9-3-8-17-15-18-14(21)13(19-20-15)10-11-4-6-12(16)7-5-11/h4-7H,2-3,8-10H2,1H3,(H2,17,18,20,21). The molecule has 7 heteroatoms. The molecule has 0 atom stereocenters. The zero-order valence-electron chi connectivity index (χ0n) is 12.4. The lowest BCUT2D eigenvalue weighted by atomic mass is 10.1. The lowest BCUT2D eigenvalue weighted by molar-refractivity contribution is 0.147. The molecule has 2 rings (SSSR count). The van der Waals surface area contributed by atoms with Gasteiger partial charge in [0.05, 0.1) is 0 Å². The quantitative estimate of drug-likeness (QED) is 0.726. The molecular formula is C15H19FN4O2. The number of ether oxygens (including phenoxy) is 1. The Kier molecular flexibility index (Phi) is 6.02. The van der Waals surface area contributed by atoms with E-state index in [1.165, 1.54) is 12.1 Å². The number of halogens is 1. The summed E-state index contributed by atoms with van der Waals surface area (Å²) in [7, 11) is 0. The minimum absolute atomic E-state index is 0.298. The summed E-state index contributed by atoms with van der Waals surface area (Å²) in [6, 6.07) is 5.95. The molecule has 22 heavy (non-hydrogen) atoms. The Morgan fingerprint density at radius 1 is 1.27 bits per heavy atom. The number of aromatic amines is 1. The Balaban J connectivity index is 1.92. The molecule has 1 heterocycles. The van der Waals surface area contributed by atoms with Crippen molar-refractivity contribution in [3.8, 4) is 0 Å². The number of nitrogens with zero attached hydrogens (tertiary/aromatic N) is 2. The number of aromatic nitrogens is 3. The SMILES string of the molecule is CCOCCCNc1nnc(Cc2ccc(F)cc2)c(=O)[nH]1. The molecule has 0 saturated heterocycles. The van der Waals surface area contributed by atoms with Gasteiger partial charge in [-0.1, -0.05) is 12.1 Å². The fourth-order valence-electron chi connectivity index (χ4n) is 1.88. The van der Waals surface area contributed by atoms with Gasteiger partial charge in [0.1, 0.15) is 11.5 Å². The van der Waals surface area contributed by atoms with E-state index in [0.29, 0.717) is 37.8 Å². The fourth-order valence-corrected chi connectivity index (χ4v) is 1.88. The summed E-state index contributed by atoms with van der Waals surface area (Å²) in [5.41, 5.74) is 0.803. The number of H-pyrrole nitrogens is 1. The monoisotopic (exact) mass is 306 g/mol. The zero-order valence-corrected chi connectivity index (χ0v) is 12.4. The van der Waals surface area contributed by atoms with Crippen LogP contribution in [0.4, 0.5) is 10.3 Å². The maximum Gasteiger partial charge on any atom is 0.274 e.